The van der Waals surface area contributed by atoms with Crippen LogP contribution >= 0.6 is 0 Å². The Balaban J connectivity index is 2.21. The Labute approximate surface area is 99.3 Å². The number of carbonyl (C=O) groups is 1. The molecule has 0 aromatic heterocycles. The van der Waals surface area contributed by atoms with Gasteiger partial charge in [0, 0.05) is 6.42 Å². The van der Waals surface area contributed by atoms with Crippen molar-refractivity contribution in [2.75, 3.05) is 0 Å². The summed E-state index contributed by atoms with van der Waals surface area (Å²) in [6, 6.07) is 0. The Morgan fingerprint density at radius 2 is 2.00 bits per heavy atom. The molecule has 1 nitrogen and oxygen atoms in total. The molecule has 0 radical (unpaired) electrons. The molecular formula is C15H24O. The molecule has 0 aliphatic heterocycles. The molecule has 16 heavy (non-hydrogen) atoms. The fraction of sp³-hybridized carbons (Fsp3) is 0.800. The van der Waals surface area contributed by atoms with E-state index in [1.807, 2.05) is 6.08 Å². The molecular weight excluding hydrogens is 196 g/mol. The van der Waals surface area contributed by atoms with Crippen LogP contribution in [0.4, 0.5) is 0 Å². The molecule has 2 aliphatic rings. The lowest BCUT2D eigenvalue weighted by Gasteiger charge is -2.23. The zero-order valence-corrected chi connectivity index (χ0v) is 11.0. The Morgan fingerprint density at radius 1 is 1.31 bits per heavy atom. The van der Waals surface area contributed by atoms with Crippen molar-refractivity contribution in [1.29, 1.82) is 0 Å². The van der Waals surface area contributed by atoms with Gasteiger partial charge in [-0.2, -0.15) is 0 Å². The van der Waals surface area contributed by atoms with Gasteiger partial charge in [0.15, 0.2) is 5.78 Å². The summed E-state index contributed by atoms with van der Waals surface area (Å²) in [6.45, 7) is 9.11. The Hall–Kier alpha value is -0.590. The molecule has 0 aromatic rings. The van der Waals surface area contributed by atoms with Crippen molar-refractivity contribution < 1.29 is 4.79 Å². The molecule has 4 atom stereocenters. The van der Waals surface area contributed by atoms with Crippen LogP contribution in [0.25, 0.3) is 0 Å². The van der Waals surface area contributed by atoms with E-state index in [0.29, 0.717) is 17.6 Å². The second-order valence-corrected chi connectivity index (χ2v) is 6.28. The number of allylic oxidation sites excluding steroid dienone is 2. The van der Waals surface area contributed by atoms with Gasteiger partial charge in [-0.15, -0.1) is 0 Å². The number of fused-ring (bicyclic) bond motifs is 1. The molecule has 90 valence electrons. The maximum atomic E-state index is 11.7. The van der Waals surface area contributed by atoms with Crippen molar-refractivity contribution in [2.45, 2.75) is 47.0 Å². The summed E-state index contributed by atoms with van der Waals surface area (Å²) in [4.78, 5) is 11.7. The highest BCUT2D eigenvalue weighted by Crippen LogP contribution is 2.48. The first-order valence-electron chi connectivity index (χ1n) is 6.70. The minimum absolute atomic E-state index is 0.348. The number of rotatable bonds is 1. The van der Waals surface area contributed by atoms with Crippen molar-refractivity contribution in [3.05, 3.63) is 11.6 Å². The molecule has 0 saturated heterocycles. The topological polar surface area (TPSA) is 17.1 Å². The van der Waals surface area contributed by atoms with Gasteiger partial charge in [-0.1, -0.05) is 26.3 Å². The van der Waals surface area contributed by atoms with E-state index in [-0.39, 0.29) is 0 Å². The first-order chi connectivity index (χ1) is 7.49. The molecule has 0 bridgehead atoms. The molecule has 1 saturated carbocycles. The predicted molar refractivity (Wildman–Crippen MR) is 67.1 cm³/mol. The highest BCUT2D eigenvalue weighted by Gasteiger charge is 2.40. The lowest BCUT2D eigenvalue weighted by atomic mass is 9.82. The predicted octanol–water partition coefficient (Wildman–Crippen LogP) is 3.84. The second-order valence-electron chi connectivity index (χ2n) is 6.28. The molecule has 0 unspecified atom stereocenters. The monoisotopic (exact) mass is 220 g/mol. The Kier molecular flexibility index (Phi) is 3.23. The first-order valence-corrected chi connectivity index (χ1v) is 6.70. The lowest BCUT2D eigenvalue weighted by molar-refractivity contribution is -0.115. The van der Waals surface area contributed by atoms with Gasteiger partial charge >= 0.3 is 0 Å². The molecule has 0 amide bonds. The van der Waals surface area contributed by atoms with E-state index in [9.17, 15) is 4.79 Å². The lowest BCUT2D eigenvalue weighted by Crippen LogP contribution is -2.16. The quantitative estimate of drug-likeness (QED) is 0.656. The van der Waals surface area contributed by atoms with Gasteiger partial charge in [0.1, 0.15) is 0 Å². The van der Waals surface area contributed by atoms with Crippen LogP contribution in [0.5, 0.6) is 0 Å². The summed E-state index contributed by atoms with van der Waals surface area (Å²) in [5.41, 5.74) is 1.35. The van der Waals surface area contributed by atoms with Crippen molar-refractivity contribution in [3.8, 4) is 0 Å². The van der Waals surface area contributed by atoms with Gasteiger partial charge in [0.05, 0.1) is 0 Å². The van der Waals surface area contributed by atoms with E-state index in [1.54, 1.807) is 0 Å². The number of hydrogen-bond acceptors (Lipinski definition) is 1. The normalized spacial score (nSPS) is 39.6. The van der Waals surface area contributed by atoms with Gasteiger partial charge < -0.3 is 0 Å². The SMILES string of the molecule is CC1=CC(=O)C[C@H](C)[C@H]2C[C@H](C(C)C)C[C@H]12. The standard InChI is InChI=1S/C15H24O/c1-9(2)12-7-14-10(3)5-13(16)6-11(4)15(14)8-12/h5,9,11-12,14-15H,6-8H2,1-4H3/t11-,12+,14+,15+/m0/s1. The first kappa shape index (κ1) is 11.9. The van der Waals surface area contributed by atoms with Crippen LogP contribution in [0, 0.1) is 29.6 Å². The van der Waals surface area contributed by atoms with Gasteiger partial charge in [0.25, 0.3) is 0 Å². The summed E-state index contributed by atoms with van der Waals surface area (Å²) < 4.78 is 0. The van der Waals surface area contributed by atoms with Crippen LogP contribution in [0.1, 0.15) is 47.0 Å². The summed E-state index contributed by atoms with van der Waals surface area (Å²) in [5, 5.41) is 0. The molecule has 0 heterocycles. The number of ketones is 1. The fourth-order valence-electron chi connectivity index (χ4n) is 3.70. The van der Waals surface area contributed by atoms with Gasteiger partial charge in [-0.25, -0.2) is 0 Å². The highest BCUT2D eigenvalue weighted by molar-refractivity contribution is 5.90. The van der Waals surface area contributed by atoms with E-state index in [1.165, 1.54) is 18.4 Å². The Morgan fingerprint density at radius 3 is 2.62 bits per heavy atom. The summed E-state index contributed by atoms with van der Waals surface area (Å²) in [7, 11) is 0. The minimum Gasteiger partial charge on any atom is -0.295 e. The molecule has 2 aliphatic carbocycles. The van der Waals surface area contributed by atoms with Crippen LogP contribution in [0.3, 0.4) is 0 Å². The smallest absolute Gasteiger partial charge is 0.155 e. The average Bonchev–Trinajstić information content (AvgIpc) is 2.57. The van der Waals surface area contributed by atoms with Gasteiger partial charge in [-0.3, -0.25) is 4.79 Å². The van der Waals surface area contributed by atoms with Crippen LogP contribution in [-0.4, -0.2) is 5.78 Å². The van der Waals surface area contributed by atoms with Crippen molar-refractivity contribution in [3.63, 3.8) is 0 Å². The number of carbonyl (C=O) groups excluding carboxylic acids is 1. The van der Waals surface area contributed by atoms with Gasteiger partial charge in [0.2, 0.25) is 0 Å². The van der Waals surface area contributed by atoms with Crippen LogP contribution in [0.15, 0.2) is 11.6 Å². The summed E-state index contributed by atoms with van der Waals surface area (Å²) in [5.74, 6) is 4.04. The molecule has 0 N–H and O–H groups in total. The average molecular weight is 220 g/mol. The molecule has 2 rings (SSSR count). The third-order valence-electron chi connectivity index (χ3n) is 4.82. The van der Waals surface area contributed by atoms with Gasteiger partial charge in [-0.05, 0) is 55.4 Å². The van der Waals surface area contributed by atoms with E-state index >= 15 is 0 Å². The second kappa shape index (κ2) is 4.35. The number of hydrogen-bond donors (Lipinski definition) is 0. The van der Waals surface area contributed by atoms with Crippen molar-refractivity contribution in [1.82, 2.24) is 0 Å². The van der Waals surface area contributed by atoms with Crippen LogP contribution in [-0.2, 0) is 4.79 Å². The van der Waals surface area contributed by atoms with Crippen molar-refractivity contribution >= 4 is 5.78 Å². The molecule has 1 fully saturated rings. The Bertz CT molecular complexity index is 313. The maximum Gasteiger partial charge on any atom is 0.155 e. The van der Waals surface area contributed by atoms with E-state index < -0.39 is 0 Å². The third-order valence-corrected chi connectivity index (χ3v) is 4.82. The maximum absolute atomic E-state index is 11.7. The van der Waals surface area contributed by atoms with Crippen LogP contribution < -0.4 is 0 Å². The van der Waals surface area contributed by atoms with Crippen LogP contribution in [0.2, 0.25) is 0 Å². The molecule has 0 aromatic carbocycles. The van der Waals surface area contributed by atoms with E-state index in [0.717, 1.165) is 24.2 Å². The van der Waals surface area contributed by atoms with Crippen molar-refractivity contribution in [2.24, 2.45) is 29.6 Å². The molecule has 1 heteroatoms. The third kappa shape index (κ3) is 2.09. The van der Waals surface area contributed by atoms with E-state index in [2.05, 4.69) is 27.7 Å². The molecule has 0 spiro atoms. The largest absolute Gasteiger partial charge is 0.295 e. The zero-order chi connectivity index (χ0) is 11.9. The zero-order valence-electron chi connectivity index (χ0n) is 11.0. The highest BCUT2D eigenvalue weighted by atomic mass is 16.1. The summed E-state index contributed by atoms with van der Waals surface area (Å²) >= 11 is 0. The van der Waals surface area contributed by atoms with E-state index in [4.69, 9.17) is 0 Å². The fourth-order valence-corrected chi connectivity index (χ4v) is 3.70. The summed E-state index contributed by atoms with van der Waals surface area (Å²) in [6.07, 6.45) is 5.33. The minimum atomic E-state index is 0.348.